The first kappa shape index (κ1) is 19.8. The molecular formula is C22H34O3. The maximum atomic E-state index is 10.7. The fourth-order valence-corrected chi connectivity index (χ4v) is 3.91. The van der Waals surface area contributed by atoms with E-state index in [1.807, 2.05) is 13.8 Å². The molecule has 3 heteroatoms. The van der Waals surface area contributed by atoms with Crippen molar-refractivity contribution in [3.63, 3.8) is 0 Å². The van der Waals surface area contributed by atoms with E-state index < -0.39 is 0 Å². The highest BCUT2D eigenvalue weighted by molar-refractivity contribution is 5.79. The molecule has 140 valence electrons. The minimum Gasteiger partial charge on any atom is -0.507 e. The van der Waals surface area contributed by atoms with Crippen LogP contribution >= 0.6 is 0 Å². The number of rotatable bonds is 7. The van der Waals surface area contributed by atoms with E-state index >= 15 is 0 Å². The van der Waals surface area contributed by atoms with Crippen molar-refractivity contribution in [2.24, 2.45) is 11.3 Å². The number of hydrogen-bond acceptors (Lipinski definition) is 3. The highest BCUT2D eigenvalue weighted by Crippen LogP contribution is 2.48. The summed E-state index contributed by atoms with van der Waals surface area (Å²) in [4.78, 5) is 0. The second-order valence-electron chi connectivity index (χ2n) is 8.31. The zero-order valence-electron chi connectivity index (χ0n) is 16.2. The molecule has 1 aliphatic carbocycles. The zero-order valence-corrected chi connectivity index (χ0v) is 16.2. The summed E-state index contributed by atoms with van der Waals surface area (Å²) in [5, 5.41) is 31.2. The fourth-order valence-electron chi connectivity index (χ4n) is 3.91. The van der Waals surface area contributed by atoms with Crippen LogP contribution < -0.4 is 0 Å². The van der Waals surface area contributed by atoms with Crippen LogP contribution in [-0.4, -0.2) is 21.9 Å². The Labute approximate surface area is 152 Å². The lowest BCUT2D eigenvalue weighted by atomic mass is 9.71. The molecule has 0 saturated heterocycles. The van der Waals surface area contributed by atoms with Gasteiger partial charge in [-0.3, -0.25) is 0 Å². The average Bonchev–Trinajstić information content (AvgIpc) is 2.54. The summed E-state index contributed by atoms with van der Waals surface area (Å²) in [7, 11) is 0. The van der Waals surface area contributed by atoms with Gasteiger partial charge in [0.1, 0.15) is 11.5 Å². The number of benzene rings is 1. The SMILES string of the molecule is CCCCCc1cc(O)c(C2=C(C(C)(C)CO)CCC(C)C2)c(O)c1. The minimum absolute atomic E-state index is 0.0663. The first-order chi connectivity index (χ1) is 11.8. The molecule has 1 aliphatic rings. The molecule has 0 aromatic heterocycles. The predicted octanol–water partition coefficient (Wildman–Crippen LogP) is 5.42. The van der Waals surface area contributed by atoms with Crippen LogP contribution in [0.5, 0.6) is 11.5 Å². The lowest BCUT2D eigenvalue weighted by Gasteiger charge is -2.35. The van der Waals surface area contributed by atoms with Gasteiger partial charge >= 0.3 is 0 Å². The smallest absolute Gasteiger partial charge is 0.127 e. The van der Waals surface area contributed by atoms with E-state index in [2.05, 4.69) is 13.8 Å². The molecule has 1 unspecified atom stereocenters. The highest BCUT2D eigenvalue weighted by Gasteiger charge is 2.32. The van der Waals surface area contributed by atoms with Gasteiger partial charge in [-0.2, -0.15) is 0 Å². The third kappa shape index (κ3) is 4.58. The monoisotopic (exact) mass is 346 g/mol. The Hall–Kier alpha value is -1.48. The molecule has 2 rings (SSSR count). The molecule has 1 aromatic rings. The van der Waals surface area contributed by atoms with Gasteiger partial charge in [-0.25, -0.2) is 0 Å². The summed E-state index contributed by atoms with van der Waals surface area (Å²) in [6, 6.07) is 3.61. The van der Waals surface area contributed by atoms with Gasteiger partial charge in [-0.1, -0.05) is 46.1 Å². The summed E-state index contributed by atoms with van der Waals surface area (Å²) >= 11 is 0. The zero-order chi connectivity index (χ0) is 18.6. The van der Waals surface area contributed by atoms with Gasteiger partial charge in [0.05, 0.1) is 12.2 Å². The first-order valence-corrected chi connectivity index (χ1v) is 9.68. The lowest BCUT2D eigenvalue weighted by Crippen LogP contribution is -2.24. The first-order valence-electron chi connectivity index (χ1n) is 9.68. The van der Waals surface area contributed by atoms with Crippen molar-refractivity contribution < 1.29 is 15.3 Å². The van der Waals surface area contributed by atoms with Crippen molar-refractivity contribution in [2.45, 2.75) is 72.6 Å². The van der Waals surface area contributed by atoms with Gasteiger partial charge in [-0.05, 0) is 61.3 Å². The minimum atomic E-state index is -0.339. The lowest BCUT2D eigenvalue weighted by molar-refractivity contribution is 0.184. The number of aliphatic hydroxyl groups is 1. The molecule has 25 heavy (non-hydrogen) atoms. The van der Waals surface area contributed by atoms with Crippen LogP contribution in [0.15, 0.2) is 17.7 Å². The van der Waals surface area contributed by atoms with Gasteiger partial charge in [0.2, 0.25) is 0 Å². The number of aryl methyl sites for hydroxylation is 1. The third-order valence-electron chi connectivity index (χ3n) is 5.54. The van der Waals surface area contributed by atoms with Crippen LogP contribution in [0.3, 0.4) is 0 Å². The normalized spacial score (nSPS) is 18.7. The summed E-state index contributed by atoms with van der Waals surface area (Å²) in [6.45, 7) is 8.50. The molecule has 0 amide bonds. The number of phenols is 2. The Morgan fingerprint density at radius 3 is 2.32 bits per heavy atom. The van der Waals surface area contributed by atoms with Crippen molar-refractivity contribution in [1.29, 1.82) is 0 Å². The molecule has 0 radical (unpaired) electrons. The molecule has 3 N–H and O–H groups in total. The molecule has 0 saturated carbocycles. The van der Waals surface area contributed by atoms with E-state index in [0.717, 1.165) is 61.7 Å². The highest BCUT2D eigenvalue weighted by atomic mass is 16.3. The van der Waals surface area contributed by atoms with Gasteiger partial charge in [0.15, 0.2) is 0 Å². The van der Waals surface area contributed by atoms with E-state index in [0.29, 0.717) is 11.5 Å². The van der Waals surface area contributed by atoms with Crippen LogP contribution in [0.1, 0.15) is 77.3 Å². The Morgan fingerprint density at radius 1 is 1.12 bits per heavy atom. The Morgan fingerprint density at radius 2 is 1.76 bits per heavy atom. The molecular weight excluding hydrogens is 312 g/mol. The van der Waals surface area contributed by atoms with E-state index in [1.54, 1.807) is 12.1 Å². The third-order valence-corrected chi connectivity index (χ3v) is 5.54. The van der Waals surface area contributed by atoms with E-state index in [4.69, 9.17) is 0 Å². The maximum absolute atomic E-state index is 10.7. The summed E-state index contributed by atoms with van der Waals surface area (Å²) in [5.41, 5.74) is 3.40. The quantitative estimate of drug-likeness (QED) is 0.577. The molecule has 0 heterocycles. The van der Waals surface area contributed by atoms with Crippen LogP contribution in [0.2, 0.25) is 0 Å². The number of phenolic OH excluding ortho intramolecular Hbond substituents is 2. The van der Waals surface area contributed by atoms with Crippen LogP contribution in [0.25, 0.3) is 5.57 Å². The molecule has 0 fully saturated rings. The van der Waals surface area contributed by atoms with Crippen molar-refractivity contribution in [3.8, 4) is 11.5 Å². The van der Waals surface area contributed by atoms with Crippen molar-refractivity contribution >= 4 is 5.57 Å². The van der Waals surface area contributed by atoms with E-state index in [1.165, 1.54) is 0 Å². The number of aliphatic hydroxyl groups excluding tert-OH is 1. The largest absolute Gasteiger partial charge is 0.507 e. The predicted molar refractivity (Wildman–Crippen MR) is 104 cm³/mol. The number of unbranched alkanes of at least 4 members (excludes halogenated alkanes) is 2. The average molecular weight is 347 g/mol. The van der Waals surface area contributed by atoms with E-state index in [9.17, 15) is 15.3 Å². The van der Waals surface area contributed by atoms with Crippen molar-refractivity contribution in [1.82, 2.24) is 0 Å². The van der Waals surface area contributed by atoms with Gasteiger partial charge in [0, 0.05) is 5.41 Å². The summed E-state index contributed by atoms with van der Waals surface area (Å²) in [6.07, 6.45) is 7.06. The number of aromatic hydroxyl groups is 2. The maximum Gasteiger partial charge on any atom is 0.127 e. The van der Waals surface area contributed by atoms with E-state index in [-0.39, 0.29) is 23.5 Å². The molecule has 3 nitrogen and oxygen atoms in total. The Bertz CT molecular complexity index is 605. The molecule has 1 aromatic carbocycles. The molecule has 0 spiro atoms. The van der Waals surface area contributed by atoms with Crippen molar-refractivity contribution in [3.05, 3.63) is 28.8 Å². The Balaban J connectivity index is 2.46. The molecule has 1 atom stereocenters. The number of hydrogen-bond donors (Lipinski definition) is 3. The van der Waals surface area contributed by atoms with Crippen LogP contribution in [0, 0.1) is 11.3 Å². The Kier molecular flexibility index (Phi) is 6.56. The fraction of sp³-hybridized carbons (Fsp3) is 0.636. The molecule has 0 aliphatic heterocycles. The summed E-state index contributed by atoms with van der Waals surface area (Å²) in [5.74, 6) is 0.847. The second-order valence-corrected chi connectivity index (χ2v) is 8.31. The van der Waals surface area contributed by atoms with Gasteiger partial charge in [0.25, 0.3) is 0 Å². The molecule has 0 bridgehead atoms. The van der Waals surface area contributed by atoms with Gasteiger partial charge in [-0.15, -0.1) is 0 Å². The topological polar surface area (TPSA) is 60.7 Å². The van der Waals surface area contributed by atoms with Crippen LogP contribution in [0.4, 0.5) is 0 Å². The standard InChI is InChI=1S/C22H34O3/c1-5-6-7-8-16-12-19(24)21(20(25)13-16)17-11-15(2)9-10-18(17)22(3,4)14-23/h12-13,15,23-25H,5-11,14H2,1-4H3. The van der Waals surface area contributed by atoms with Gasteiger partial charge < -0.3 is 15.3 Å². The second kappa shape index (κ2) is 8.27. The van der Waals surface area contributed by atoms with Crippen LogP contribution in [-0.2, 0) is 6.42 Å². The number of allylic oxidation sites excluding steroid dienone is 1. The summed E-state index contributed by atoms with van der Waals surface area (Å²) < 4.78 is 0. The van der Waals surface area contributed by atoms with Crippen molar-refractivity contribution in [2.75, 3.05) is 6.61 Å².